The summed E-state index contributed by atoms with van der Waals surface area (Å²) in [6, 6.07) is 3.66. The topological polar surface area (TPSA) is 27.7 Å². The van der Waals surface area contributed by atoms with Crippen LogP contribution >= 0.6 is 27.5 Å². The Morgan fingerprint density at radius 1 is 1.40 bits per heavy atom. The van der Waals surface area contributed by atoms with E-state index in [1.807, 2.05) is 12.1 Å². The molecule has 1 aliphatic rings. The van der Waals surface area contributed by atoms with Crippen LogP contribution in [0, 0.1) is 0 Å². The van der Waals surface area contributed by atoms with E-state index in [1.54, 1.807) is 7.11 Å². The molecule has 5 heteroatoms. The van der Waals surface area contributed by atoms with Crippen LogP contribution in [0.25, 0.3) is 0 Å². The van der Waals surface area contributed by atoms with E-state index < -0.39 is 6.29 Å². The summed E-state index contributed by atoms with van der Waals surface area (Å²) in [7, 11) is 1.60. The van der Waals surface area contributed by atoms with Crippen molar-refractivity contribution < 1.29 is 14.2 Å². The molecule has 0 amide bonds. The molecule has 0 N–H and O–H groups in total. The third-order valence-electron chi connectivity index (χ3n) is 2.17. The van der Waals surface area contributed by atoms with E-state index in [0.717, 1.165) is 10.0 Å². The Bertz CT molecular complexity index is 364. The number of halogens is 2. The molecule has 1 fully saturated rings. The van der Waals surface area contributed by atoms with Gasteiger partial charge in [-0.25, -0.2) is 0 Å². The summed E-state index contributed by atoms with van der Waals surface area (Å²) in [5.74, 6) is 0.676. The van der Waals surface area contributed by atoms with E-state index in [4.69, 9.17) is 25.8 Å². The summed E-state index contributed by atoms with van der Waals surface area (Å²) in [5, 5.41) is 0.571. The molecule has 1 heterocycles. The molecule has 0 unspecified atom stereocenters. The Labute approximate surface area is 101 Å². The fourth-order valence-electron chi connectivity index (χ4n) is 1.47. The number of rotatable bonds is 2. The monoisotopic (exact) mass is 292 g/mol. The van der Waals surface area contributed by atoms with Crippen LogP contribution in [0.2, 0.25) is 5.02 Å². The Morgan fingerprint density at radius 2 is 2.07 bits per heavy atom. The molecule has 2 rings (SSSR count). The second kappa shape index (κ2) is 4.70. The number of hydrogen-bond donors (Lipinski definition) is 0. The zero-order valence-corrected chi connectivity index (χ0v) is 10.5. The lowest BCUT2D eigenvalue weighted by Crippen LogP contribution is -2.02. The summed E-state index contributed by atoms with van der Waals surface area (Å²) >= 11 is 9.53. The molecule has 15 heavy (non-hydrogen) atoms. The highest BCUT2D eigenvalue weighted by atomic mass is 79.9. The molecule has 0 aliphatic carbocycles. The lowest BCUT2D eigenvalue weighted by Gasteiger charge is -2.16. The highest BCUT2D eigenvalue weighted by Gasteiger charge is 2.25. The third-order valence-corrected chi connectivity index (χ3v) is 3.47. The van der Waals surface area contributed by atoms with E-state index in [1.165, 1.54) is 0 Å². The van der Waals surface area contributed by atoms with Gasteiger partial charge in [-0.05, 0) is 28.1 Å². The van der Waals surface area contributed by atoms with Crippen molar-refractivity contribution in [2.45, 2.75) is 6.29 Å². The average Bonchev–Trinajstić information content (AvgIpc) is 2.75. The first-order chi connectivity index (χ1) is 7.24. The molecule has 1 aliphatic heterocycles. The van der Waals surface area contributed by atoms with Gasteiger partial charge in [-0.2, -0.15) is 0 Å². The Balaban J connectivity index is 2.45. The minimum absolute atomic E-state index is 0.426. The zero-order valence-electron chi connectivity index (χ0n) is 8.13. The fourth-order valence-corrected chi connectivity index (χ4v) is 2.06. The number of hydrogen-bond acceptors (Lipinski definition) is 3. The summed E-state index contributed by atoms with van der Waals surface area (Å²) in [6.07, 6.45) is -0.426. The first-order valence-corrected chi connectivity index (χ1v) is 5.66. The summed E-state index contributed by atoms with van der Waals surface area (Å²) in [4.78, 5) is 0. The molecule has 1 aromatic rings. The van der Waals surface area contributed by atoms with Crippen LogP contribution in [0.1, 0.15) is 11.9 Å². The van der Waals surface area contributed by atoms with Gasteiger partial charge >= 0.3 is 0 Å². The van der Waals surface area contributed by atoms with Crippen molar-refractivity contribution in [2.75, 3.05) is 20.3 Å². The SMILES string of the molecule is COc1ccc(Br)c(Cl)c1C1OCCO1. The van der Waals surface area contributed by atoms with Crippen LogP contribution in [-0.4, -0.2) is 20.3 Å². The average molecular weight is 294 g/mol. The van der Waals surface area contributed by atoms with E-state index in [2.05, 4.69) is 15.9 Å². The Hall–Kier alpha value is -0.290. The molecular weight excluding hydrogens is 283 g/mol. The summed E-state index contributed by atoms with van der Waals surface area (Å²) in [5.41, 5.74) is 0.742. The van der Waals surface area contributed by atoms with Gasteiger partial charge in [0.2, 0.25) is 0 Å². The molecule has 0 aromatic heterocycles. The quantitative estimate of drug-likeness (QED) is 0.838. The van der Waals surface area contributed by atoms with Gasteiger partial charge in [-0.1, -0.05) is 11.6 Å². The first kappa shape index (κ1) is 11.2. The largest absolute Gasteiger partial charge is 0.496 e. The predicted octanol–water partition coefficient (Wildman–Crippen LogP) is 3.16. The van der Waals surface area contributed by atoms with Crippen LogP contribution in [0.3, 0.4) is 0 Å². The van der Waals surface area contributed by atoms with Crippen LogP contribution in [0.15, 0.2) is 16.6 Å². The molecule has 0 bridgehead atoms. The maximum absolute atomic E-state index is 6.17. The summed E-state index contributed by atoms with van der Waals surface area (Å²) in [6.45, 7) is 1.16. The Morgan fingerprint density at radius 3 is 2.67 bits per heavy atom. The number of methoxy groups -OCH3 is 1. The molecule has 82 valence electrons. The maximum Gasteiger partial charge on any atom is 0.189 e. The fraction of sp³-hybridized carbons (Fsp3) is 0.400. The third kappa shape index (κ3) is 2.13. The van der Waals surface area contributed by atoms with Gasteiger partial charge in [0.25, 0.3) is 0 Å². The minimum atomic E-state index is -0.426. The second-order valence-electron chi connectivity index (χ2n) is 3.05. The van der Waals surface area contributed by atoms with Crippen molar-refractivity contribution in [1.82, 2.24) is 0 Å². The van der Waals surface area contributed by atoms with E-state index >= 15 is 0 Å². The molecule has 0 spiro atoms. The normalized spacial score (nSPS) is 17.0. The van der Waals surface area contributed by atoms with Crippen molar-refractivity contribution in [3.05, 3.63) is 27.2 Å². The van der Waals surface area contributed by atoms with Gasteiger partial charge in [0.1, 0.15) is 5.75 Å². The van der Waals surface area contributed by atoms with Crippen molar-refractivity contribution in [1.29, 1.82) is 0 Å². The van der Waals surface area contributed by atoms with E-state index in [-0.39, 0.29) is 0 Å². The molecule has 0 radical (unpaired) electrons. The van der Waals surface area contributed by atoms with E-state index in [0.29, 0.717) is 24.0 Å². The second-order valence-corrected chi connectivity index (χ2v) is 4.28. The van der Waals surface area contributed by atoms with Crippen molar-refractivity contribution in [2.24, 2.45) is 0 Å². The molecule has 0 saturated carbocycles. The predicted molar refractivity (Wildman–Crippen MR) is 60.3 cm³/mol. The smallest absolute Gasteiger partial charge is 0.189 e. The van der Waals surface area contributed by atoms with Crippen LogP contribution in [0.4, 0.5) is 0 Å². The van der Waals surface area contributed by atoms with Gasteiger partial charge in [-0.15, -0.1) is 0 Å². The van der Waals surface area contributed by atoms with Crippen LogP contribution < -0.4 is 4.74 Å². The summed E-state index contributed by atoms with van der Waals surface area (Å²) < 4.78 is 16.9. The number of ether oxygens (including phenoxy) is 3. The maximum atomic E-state index is 6.17. The van der Waals surface area contributed by atoms with Crippen LogP contribution in [-0.2, 0) is 9.47 Å². The van der Waals surface area contributed by atoms with Gasteiger partial charge in [0.05, 0.1) is 30.9 Å². The van der Waals surface area contributed by atoms with Crippen molar-refractivity contribution >= 4 is 27.5 Å². The molecule has 0 atom stereocenters. The van der Waals surface area contributed by atoms with E-state index in [9.17, 15) is 0 Å². The highest BCUT2D eigenvalue weighted by Crippen LogP contribution is 2.40. The zero-order chi connectivity index (χ0) is 10.8. The van der Waals surface area contributed by atoms with Gasteiger partial charge in [-0.3, -0.25) is 0 Å². The molecular formula is C10H10BrClO3. The highest BCUT2D eigenvalue weighted by molar-refractivity contribution is 9.10. The number of benzene rings is 1. The lowest BCUT2D eigenvalue weighted by molar-refractivity contribution is -0.0454. The van der Waals surface area contributed by atoms with Gasteiger partial charge in [0.15, 0.2) is 6.29 Å². The molecule has 3 nitrogen and oxygen atoms in total. The molecule has 1 aromatic carbocycles. The standard InChI is InChI=1S/C10H10BrClO3/c1-13-7-3-2-6(11)9(12)8(7)10-14-4-5-15-10/h2-3,10H,4-5H2,1H3. The van der Waals surface area contributed by atoms with Crippen LogP contribution in [0.5, 0.6) is 5.75 Å². The molecule has 1 saturated heterocycles. The lowest BCUT2D eigenvalue weighted by atomic mass is 10.2. The minimum Gasteiger partial charge on any atom is -0.496 e. The Kier molecular flexibility index (Phi) is 3.51. The van der Waals surface area contributed by atoms with Gasteiger partial charge in [0, 0.05) is 4.47 Å². The van der Waals surface area contributed by atoms with Crippen molar-refractivity contribution in [3.63, 3.8) is 0 Å². The first-order valence-electron chi connectivity index (χ1n) is 4.49. The van der Waals surface area contributed by atoms with Gasteiger partial charge < -0.3 is 14.2 Å². The van der Waals surface area contributed by atoms with Crippen molar-refractivity contribution in [3.8, 4) is 5.75 Å².